The van der Waals surface area contributed by atoms with Crippen LogP contribution in [-0.2, 0) is 24.3 Å². The summed E-state index contributed by atoms with van der Waals surface area (Å²) in [5.74, 6) is 0. The normalized spacial score (nSPS) is 16.2. The minimum Gasteiger partial charge on any atom is -0.390 e. The van der Waals surface area contributed by atoms with Crippen molar-refractivity contribution < 1.29 is 4.84 Å². The highest BCUT2D eigenvalue weighted by Gasteiger charge is 2.23. The highest BCUT2D eigenvalue weighted by molar-refractivity contribution is 5.85. The molecule has 28 heavy (non-hydrogen) atoms. The molecule has 2 aromatic heterocycles. The van der Waals surface area contributed by atoms with Crippen molar-refractivity contribution in [3.63, 3.8) is 0 Å². The average molecular weight is 377 g/mol. The van der Waals surface area contributed by atoms with Crippen LogP contribution in [0.3, 0.4) is 0 Å². The first-order valence-corrected chi connectivity index (χ1v) is 9.96. The van der Waals surface area contributed by atoms with E-state index in [4.69, 9.17) is 9.82 Å². The van der Waals surface area contributed by atoms with E-state index in [1.165, 1.54) is 11.4 Å². The van der Waals surface area contributed by atoms with Crippen LogP contribution < -0.4 is 0 Å². The van der Waals surface area contributed by atoms with Crippen LogP contribution in [0.15, 0.2) is 47.9 Å². The Morgan fingerprint density at radius 1 is 1.18 bits per heavy atom. The van der Waals surface area contributed by atoms with Gasteiger partial charge in [0.15, 0.2) is 6.10 Å². The molecule has 3 aromatic rings. The molecule has 0 unspecified atom stereocenters. The zero-order valence-electron chi connectivity index (χ0n) is 16.8. The van der Waals surface area contributed by atoms with E-state index in [1.54, 1.807) is 0 Å². The third kappa shape index (κ3) is 3.86. The van der Waals surface area contributed by atoms with Crippen LogP contribution in [0.1, 0.15) is 36.8 Å². The van der Waals surface area contributed by atoms with Crippen molar-refractivity contribution in [2.24, 2.45) is 5.16 Å². The van der Waals surface area contributed by atoms with Gasteiger partial charge in [0.25, 0.3) is 0 Å². The largest absolute Gasteiger partial charge is 0.390 e. The molecule has 1 atom stereocenters. The molecule has 6 heteroatoms. The van der Waals surface area contributed by atoms with Gasteiger partial charge < -0.3 is 9.40 Å². The van der Waals surface area contributed by atoms with E-state index in [9.17, 15) is 0 Å². The molecule has 0 saturated heterocycles. The molecule has 0 saturated carbocycles. The van der Waals surface area contributed by atoms with E-state index in [0.717, 1.165) is 55.0 Å². The fourth-order valence-electron chi connectivity index (χ4n) is 3.79. The lowest BCUT2D eigenvalue weighted by molar-refractivity contribution is 0.0718. The molecular weight excluding hydrogens is 350 g/mol. The number of hydrogen-bond donors (Lipinski definition) is 0. The zero-order chi connectivity index (χ0) is 19.5. The average Bonchev–Trinajstić information content (AvgIpc) is 3.40. The number of aryl methyl sites for hydroxylation is 3. The van der Waals surface area contributed by atoms with E-state index in [-0.39, 0.29) is 6.10 Å². The Bertz CT molecular complexity index is 970. The first-order chi connectivity index (χ1) is 13.6. The Balaban J connectivity index is 1.59. The molecule has 4 rings (SSSR count). The van der Waals surface area contributed by atoms with E-state index in [1.807, 2.05) is 19.3 Å². The quantitative estimate of drug-likeness (QED) is 0.621. The minimum absolute atomic E-state index is 0.0835. The molecule has 0 N–H and O–H groups in total. The summed E-state index contributed by atoms with van der Waals surface area (Å²) in [4.78, 5) is 10.4. The zero-order valence-corrected chi connectivity index (χ0v) is 16.8. The van der Waals surface area contributed by atoms with Crippen molar-refractivity contribution >= 4 is 5.71 Å². The van der Waals surface area contributed by atoms with Gasteiger partial charge in [-0.1, -0.05) is 42.4 Å². The van der Waals surface area contributed by atoms with Gasteiger partial charge in [-0.25, -0.2) is 4.98 Å². The first kappa shape index (κ1) is 18.5. The summed E-state index contributed by atoms with van der Waals surface area (Å²) in [7, 11) is 0. The van der Waals surface area contributed by atoms with Gasteiger partial charge in [0, 0.05) is 36.3 Å². The number of rotatable bonds is 7. The number of imidazole rings is 1. The summed E-state index contributed by atoms with van der Waals surface area (Å²) >= 11 is 0. The summed E-state index contributed by atoms with van der Waals surface area (Å²) in [6.07, 6.45) is 4.72. The van der Waals surface area contributed by atoms with Crippen LogP contribution in [0, 0.1) is 13.8 Å². The molecule has 0 bridgehead atoms. The smallest absolute Gasteiger partial charge is 0.150 e. The maximum absolute atomic E-state index is 5.64. The summed E-state index contributed by atoms with van der Waals surface area (Å²) in [5.41, 5.74) is 6.77. The van der Waals surface area contributed by atoms with E-state index < -0.39 is 0 Å². The standard InChI is InChI=1S/C22H27N5O/c1-4-19-13-20(28-25-19)14-26-15-23-22(18-8-6-5-7-9-18)21(26)10-11-27-17(3)12-16(2)24-27/h5-9,12,15,20H,4,10-11,13-14H2,1-3H3/t20-/m1/s1. The molecule has 3 heterocycles. The highest BCUT2D eigenvalue weighted by Crippen LogP contribution is 2.25. The lowest BCUT2D eigenvalue weighted by Gasteiger charge is -2.14. The van der Waals surface area contributed by atoms with Crippen LogP contribution in [0.2, 0.25) is 0 Å². The van der Waals surface area contributed by atoms with Crippen LogP contribution in [0.25, 0.3) is 11.3 Å². The summed E-state index contributed by atoms with van der Waals surface area (Å²) < 4.78 is 4.30. The molecule has 0 amide bonds. The topological polar surface area (TPSA) is 57.2 Å². The van der Waals surface area contributed by atoms with Gasteiger partial charge in [-0.3, -0.25) is 4.68 Å². The molecule has 0 aliphatic carbocycles. The molecule has 1 aromatic carbocycles. The van der Waals surface area contributed by atoms with Crippen LogP contribution in [-0.4, -0.2) is 31.1 Å². The summed E-state index contributed by atoms with van der Waals surface area (Å²) in [6.45, 7) is 7.85. The van der Waals surface area contributed by atoms with E-state index in [0.29, 0.717) is 0 Å². The maximum Gasteiger partial charge on any atom is 0.150 e. The van der Waals surface area contributed by atoms with Gasteiger partial charge >= 0.3 is 0 Å². The van der Waals surface area contributed by atoms with Gasteiger partial charge in [-0.2, -0.15) is 5.10 Å². The molecule has 0 spiro atoms. The predicted molar refractivity (Wildman–Crippen MR) is 110 cm³/mol. The monoisotopic (exact) mass is 377 g/mol. The number of aromatic nitrogens is 4. The number of hydrogen-bond acceptors (Lipinski definition) is 4. The van der Waals surface area contributed by atoms with Gasteiger partial charge in [-0.05, 0) is 26.3 Å². The molecule has 146 valence electrons. The Kier molecular flexibility index (Phi) is 5.28. The first-order valence-electron chi connectivity index (χ1n) is 9.96. The molecule has 6 nitrogen and oxygen atoms in total. The fraction of sp³-hybridized carbons (Fsp3) is 0.409. The van der Waals surface area contributed by atoms with Gasteiger partial charge in [0.2, 0.25) is 0 Å². The molecule has 0 radical (unpaired) electrons. The van der Waals surface area contributed by atoms with Gasteiger partial charge in [0.1, 0.15) is 0 Å². The van der Waals surface area contributed by atoms with Crippen molar-refractivity contribution in [2.45, 2.75) is 59.2 Å². The molecule has 1 aliphatic heterocycles. The van der Waals surface area contributed by atoms with Crippen molar-refractivity contribution in [2.75, 3.05) is 0 Å². The Morgan fingerprint density at radius 2 is 2.00 bits per heavy atom. The Hall–Kier alpha value is -2.89. The lowest BCUT2D eigenvalue weighted by Crippen LogP contribution is -2.18. The fourth-order valence-corrected chi connectivity index (χ4v) is 3.79. The second kappa shape index (κ2) is 8.00. The van der Waals surface area contributed by atoms with E-state index >= 15 is 0 Å². The number of nitrogens with zero attached hydrogens (tertiary/aromatic N) is 5. The van der Waals surface area contributed by atoms with Crippen LogP contribution in [0.5, 0.6) is 0 Å². The van der Waals surface area contributed by atoms with Crippen molar-refractivity contribution in [3.8, 4) is 11.3 Å². The Labute approximate surface area is 165 Å². The predicted octanol–water partition coefficient (Wildman–Crippen LogP) is 4.16. The van der Waals surface area contributed by atoms with Crippen molar-refractivity contribution in [1.82, 2.24) is 19.3 Å². The third-order valence-corrected chi connectivity index (χ3v) is 5.26. The van der Waals surface area contributed by atoms with Crippen molar-refractivity contribution in [1.29, 1.82) is 0 Å². The maximum atomic E-state index is 5.64. The second-order valence-corrected chi connectivity index (χ2v) is 7.40. The SMILES string of the molecule is CCC1=NO[C@@H](Cn2cnc(-c3ccccc3)c2CCn2nc(C)cc2C)C1. The Morgan fingerprint density at radius 3 is 2.68 bits per heavy atom. The lowest BCUT2D eigenvalue weighted by atomic mass is 10.1. The van der Waals surface area contributed by atoms with Crippen molar-refractivity contribution in [3.05, 3.63) is 59.8 Å². The number of oxime groups is 1. The van der Waals surface area contributed by atoms with Gasteiger partial charge in [0.05, 0.1) is 30.0 Å². The third-order valence-electron chi connectivity index (χ3n) is 5.26. The van der Waals surface area contributed by atoms with E-state index in [2.05, 4.69) is 63.7 Å². The summed E-state index contributed by atoms with van der Waals surface area (Å²) in [5, 5.41) is 8.81. The molecule has 0 fully saturated rings. The minimum atomic E-state index is 0.0835. The summed E-state index contributed by atoms with van der Waals surface area (Å²) in [6, 6.07) is 12.5. The number of benzene rings is 1. The van der Waals surface area contributed by atoms with Gasteiger partial charge in [-0.15, -0.1) is 0 Å². The van der Waals surface area contributed by atoms with Crippen LogP contribution >= 0.6 is 0 Å². The van der Waals surface area contributed by atoms with Crippen LogP contribution in [0.4, 0.5) is 0 Å². The molecule has 1 aliphatic rings. The highest BCUT2D eigenvalue weighted by atomic mass is 16.6. The molecular formula is C22H27N5O. The second-order valence-electron chi connectivity index (χ2n) is 7.40.